The minimum Gasteiger partial charge on any atom is -0.504 e. The molecule has 0 aliphatic heterocycles. The second-order valence-electron chi connectivity index (χ2n) is 2.81. The quantitative estimate of drug-likeness (QED) is 0.440. The summed E-state index contributed by atoms with van der Waals surface area (Å²) in [7, 11) is 0. The van der Waals surface area contributed by atoms with Crippen LogP contribution in [0, 0.1) is 0 Å². The van der Waals surface area contributed by atoms with E-state index in [-0.39, 0.29) is 24.7 Å². The maximum Gasteiger partial charge on any atom is 0.157 e. The second kappa shape index (κ2) is 8.05. The summed E-state index contributed by atoms with van der Waals surface area (Å²) in [6, 6.07) is 4.71. The van der Waals surface area contributed by atoms with Gasteiger partial charge in [0.05, 0.1) is 13.2 Å². The van der Waals surface area contributed by atoms with Crippen LogP contribution in [0.15, 0.2) is 18.2 Å². The fraction of sp³-hybridized carbons (Fsp3) is 0.400. The molecule has 0 spiro atoms. The van der Waals surface area contributed by atoms with Gasteiger partial charge >= 0.3 is 0 Å². The lowest BCUT2D eigenvalue weighted by atomic mass is 10.1. The van der Waals surface area contributed by atoms with Gasteiger partial charge in [0.2, 0.25) is 0 Å². The molecule has 5 heteroatoms. The fourth-order valence-corrected chi connectivity index (χ4v) is 0.891. The molecule has 86 valence electrons. The Kier molecular flexibility index (Phi) is 7.35. The smallest absolute Gasteiger partial charge is 0.157 e. The van der Waals surface area contributed by atoms with E-state index in [9.17, 15) is 0 Å². The number of hydrogen-bond acceptors (Lipinski definition) is 5. The first-order valence-electron chi connectivity index (χ1n) is 4.58. The first-order valence-corrected chi connectivity index (χ1v) is 4.58. The zero-order chi connectivity index (χ0) is 11.7. The number of rotatable bonds is 3. The van der Waals surface area contributed by atoms with E-state index in [0.717, 1.165) is 5.56 Å². The summed E-state index contributed by atoms with van der Waals surface area (Å²) in [4.78, 5) is 0. The van der Waals surface area contributed by atoms with Crippen molar-refractivity contribution >= 4 is 0 Å². The maximum atomic E-state index is 9.04. The molecule has 1 aromatic carbocycles. The SMILES string of the molecule is NCCc1ccc(O)c(O)c1.OCCO. The molecule has 1 aromatic rings. The number of aliphatic hydroxyl groups excluding tert-OH is 2. The molecule has 0 heterocycles. The molecular formula is C10H17NO4. The lowest BCUT2D eigenvalue weighted by molar-refractivity contribution is 0.186. The molecule has 0 unspecified atom stereocenters. The zero-order valence-corrected chi connectivity index (χ0v) is 8.43. The minimum atomic E-state index is -0.125. The molecule has 15 heavy (non-hydrogen) atoms. The highest BCUT2D eigenvalue weighted by atomic mass is 16.3. The van der Waals surface area contributed by atoms with Crippen molar-refractivity contribution in [3.63, 3.8) is 0 Å². The van der Waals surface area contributed by atoms with E-state index < -0.39 is 0 Å². The Hall–Kier alpha value is -1.30. The number of hydrogen-bond donors (Lipinski definition) is 5. The molecule has 0 saturated heterocycles. The third-order valence-electron chi connectivity index (χ3n) is 1.57. The van der Waals surface area contributed by atoms with Crippen molar-refractivity contribution in [2.75, 3.05) is 19.8 Å². The van der Waals surface area contributed by atoms with Crippen LogP contribution in [-0.4, -0.2) is 40.2 Å². The van der Waals surface area contributed by atoms with Gasteiger partial charge in [-0.3, -0.25) is 0 Å². The summed E-state index contributed by atoms with van der Waals surface area (Å²) in [5.41, 5.74) is 6.24. The average Bonchev–Trinajstić information content (AvgIpc) is 2.24. The third kappa shape index (κ3) is 5.90. The van der Waals surface area contributed by atoms with Gasteiger partial charge in [-0.1, -0.05) is 6.07 Å². The third-order valence-corrected chi connectivity index (χ3v) is 1.57. The Morgan fingerprint density at radius 2 is 1.60 bits per heavy atom. The van der Waals surface area contributed by atoms with Crippen LogP contribution in [-0.2, 0) is 6.42 Å². The number of aliphatic hydroxyl groups is 2. The Bertz CT molecular complexity index is 276. The molecule has 0 aromatic heterocycles. The minimum absolute atomic E-state index is 0.0871. The maximum absolute atomic E-state index is 9.04. The largest absolute Gasteiger partial charge is 0.504 e. The van der Waals surface area contributed by atoms with Crippen molar-refractivity contribution in [1.29, 1.82) is 0 Å². The standard InChI is InChI=1S/C8H11NO2.C2H6O2/c9-4-3-6-1-2-7(10)8(11)5-6;3-1-2-4/h1-2,5,10-11H,3-4,9H2;3-4H,1-2H2. The molecule has 0 saturated carbocycles. The van der Waals surface area contributed by atoms with Crippen LogP contribution < -0.4 is 5.73 Å². The van der Waals surface area contributed by atoms with E-state index in [2.05, 4.69) is 0 Å². The molecule has 0 radical (unpaired) electrons. The molecule has 0 aliphatic carbocycles. The van der Waals surface area contributed by atoms with Crippen molar-refractivity contribution in [2.45, 2.75) is 6.42 Å². The van der Waals surface area contributed by atoms with Gasteiger partial charge < -0.3 is 26.2 Å². The van der Waals surface area contributed by atoms with Crippen molar-refractivity contribution in [2.24, 2.45) is 5.73 Å². The van der Waals surface area contributed by atoms with Crippen LogP contribution in [0.1, 0.15) is 5.56 Å². The van der Waals surface area contributed by atoms with Gasteiger partial charge in [-0.05, 0) is 30.7 Å². The van der Waals surface area contributed by atoms with Gasteiger partial charge in [-0.25, -0.2) is 0 Å². The molecule has 0 fully saturated rings. The molecule has 0 amide bonds. The second-order valence-corrected chi connectivity index (χ2v) is 2.81. The van der Waals surface area contributed by atoms with Gasteiger partial charge in [-0.15, -0.1) is 0 Å². The Balaban J connectivity index is 0.000000423. The first kappa shape index (κ1) is 13.7. The predicted octanol–water partition coefficient (Wildman–Crippen LogP) is -0.430. The monoisotopic (exact) mass is 215 g/mol. The van der Waals surface area contributed by atoms with E-state index in [1.807, 2.05) is 0 Å². The molecule has 5 nitrogen and oxygen atoms in total. The van der Waals surface area contributed by atoms with Crippen molar-refractivity contribution in [1.82, 2.24) is 0 Å². The topological polar surface area (TPSA) is 107 Å². The number of aromatic hydroxyl groups is 2. The summed E-state index contributed by atoms with van der Waals surface area (Å²) in [5.74, 6) is -0.179. The average molecular weight is 215 g/mol. The Labute approximate surface area is 88.4 Å². The number of nitrogens with two attached hydrogens (primary N) is 1. The first-order chi connectivity index (χ1) is 7.15. The van der Waals surface area contributed by atoms with Gasteiger partial charge in [0, 0.05) is 0 Å². The predicted molar refractivity (Wildman–Crippen MR) is 56.7 cm³/mol. The van der Waals surface area contributed by atoms with Gasteiger partial charge in [0.1, 0.15) is 0 Å². The number of benzene rings is 1. The zero-order valence-electron chi connectivity index (χ0n) is 8.43. The van der Waals surface area contributed by atoms with Crippen LogP contribution in [0.3, 0.4) is 0 Å². The van der Waals surface area contributed by atoms with Gasteiger partial charge in [0.25, 0.3) is 0 Å². The summed E-state index contributed by atoms with van der Waals surface area (Å²) >= 11 is 0. The highest BCUT2D eigenvalue weighted by Gasteiger charge is 1.98. The lowest BCUT2D eigenvalue weighted by Gasteiger charge is -2.00. The van der Waals surface area contributed by atoms with Crippen LogP contribution in [0.5, 0.6) is 11.5 Å². The van der Waals surface area contributed by atoms with E-state index >= 15 is 0 Å². The van der Waals surface area contributed by atoms with Crippen molar-refractivity contribution in [3.8, 4) is 11.5 Å². The normalized spacial score (nSPS) is 9.27. The summed E-state index contributed by atoms with van der Waals surface area (Å²) in [6.45, 7) is 0.296. The summed E-state index contributed by atoms with van der Waals surface area (Å²) in [5, 5.41) is 33.2. The highest BCUT2D eigenvalue weighted by molar-refractivity contribution is 5.40. The van der Waals surface area contributed by atoms with Crippen molar-refractivity contribution < 1.29 is 20.4 Å². The molecule has 1 rings (SSSR count). The highest BCUT2D eigenvalue weighted by Crippen LogP contribution is 2.24. The Morgan fingerprint density at radius 1 is 1.00 bits per heavy atom. The molecule has 0 aliphatic rings. The van der Waals surface area contributed by atoms with E-state index in [1.54, 1.807) is 6.07 Å². The molecular weight excluding hydrogens is 198 g/mol. The van der Waals surface area contributed by atoms with E-state index in [4.69, 9.17) is 26.2 Å². The summed E-state index contributed by atoms with van der Waals surface area (Å²) in [6.07, 6.45) is 0.716. The van der Waals surface area contributed by atoms with Gasteiger partial charge in [0.15, 0.2) is 11.5 Å². The molecule has 0 bridgehead atoms. The van der Waals surface area contributed by atoms with Crippen LogP contribution >= 0.6 is 0 Å². The number of phenolic OH excluding ortho intramolecular Hbond substituents is 2. The fourth-order valence-electron chi connectivity index (χ4n) is 0.891. The van der Waals surface area contributed by atoms with Gasteiger partial charge in [-0.2, -0.15) is 0 Å². The van der Waals surface area contributed by atoms with Crippen LogP contribution in [0.25, 0.3) is 0 Å². The number of phenols is 2. The van der Waals surface area contributed by atoms with E-state index in [1.165, 1.54) is 12.1 Å². The molecule has 6 N–H and O–H groups in total. The summed E-state index contributed by atoms with van der Waals surface area (Å²) < 4.78 is 0. The lowest BCUT2D eigenvalue weighted by Crippen LogP contribution is -2.02. The van der Waals surface area contributed by atoms with E-state index in [0.29, 0.717) is 13.0 Å². The molecule has 0 atom stereocenters. The Morgan fingerprint density at radius 3 is 2.00 bits per heavy atom. The van der Waals surface area contributed by atoms with Crippen molar-refractivity contribution in [3.05, 3.63) is 23.8 Å². The van der Waals surface area contributed by atoms with Crippen LogP contribution in [0.2, 0.25) is 0 Å². The van der Waals surface area contributed by atoms with Crippen LogP contribution in [0.4, 0.5) is 0 Å².